The minimum atomic E-state index is -3.72. The van der Waals surface area contributed by atoms with Crippen LogP contribution in [0, 0.1) is 0 Å². The smallest absolute Gasteiger partial charge is 0.265 e. The van der Waals surface area contributed by atoms with Gasteiger partial charge in [0, 0.05) is 24.5 Å². The van der Waals surface area contributed by atoms with Crippen molar-refractivity contribution in [2.24, 2.45) is 0 Å². The van der Waals surface area contributed by atoms with Crippen LogP contribution in [0.5, 0.6) is 5.75 Å². The van der Waals surface area contributed by atoms with Gasteiger partial charge in [0.05, 0.1) is 10.6 Å². The Kier molecular flexibility index (Phi) is 8.39. The number of sulfonamides is 1. The molecule has 0 spiro atoms. The fourth-order valence-corrected chi connectivity index (χ4v) is 5.45. The van der Waals surface area contributed by atoms with Crippen LogP contribution in [0.4, 0.5) is 5.69 Å². The van der Waals surface area contributed by atoms with E-state index in [1.54, 1.807) is 25.6 Å². The highest BCUT2D eigenvalue weighted by molar-refractivity contribution is 7.98. The van der Waals surface area contributed by atoms with Gasteiger partial charge in [-0.2, -0.15) is 4.31 Å². The monoisotopic (exact) mass is 491 g/mol. The number of hydrogen-bond donors (Lipinski definition) is 1. The second-order valence-electron chi connectivity index (χ2n) is 7.44. The second kappa shape index (κ2) is 11.0. The Morgan fingerprint density at radius 3 is 2.48 bits per heavy atom. The maximum Gasteiger partial charge on any atom is 0.265 e. The lowest BCUT2D eigenvalue weighted by atomic mass is 10.1. The van der Waals surface area contributed by atoms with Crippen molar-refractivity contribution in [1.29, 1.82) is 0 Å². The predicted octanol–water partition coefficient (Wildman–Crippen LogP) is 2.52. The number of rotatable bonds is 10. The number of carbonyl (C=O) groups is 2. The molecule has 33 heavy (non-hydrogen) atoms. The van der Waals surface area contributed by atoms with E-state index in [0.29, 0.717) is 31.8 Å². The summed E-state index contributed by atoms with van der Waals surface area (Å²) in [5, 5.41) is 2.83. The standard InChI is InChI=1S/C23H29N3O5S2/c1-4-25(5-2)33(29,30)19-10-11-21-20(14-19)26(23(28)16-31-21)15-22(27)24-13-12-17-6-8-18(32-3)9-7-17/h6-11,14H,4-5,12-13,15-16H2,1-3H3,(H,24,27). The van der Waals surface area contributed by atoms with Gasteiger partial charge in [0.2, 0.25) is 15.9 Å². The molecule has 1 aliphatic rings. The minimum Gasteiger partial charge on any atom is -0.482 e. The van der Waals surface area contributed by atoms with Crippen molar-refractivity contribution < 1.29 is 22.7 Å². The molecule has 8 nitrogen and oxygen atoms in total. The molecule has 1 aliphatic heterocycles. The third-order valence-corrected chi connectivity index (χ3v) is 8.20. The van der Waals surface area contributed by atoms with Gasteiger partial charge >= 0.3 is 0 Å². The molecule has 10 heteroatoms. The molecule has 0 saturated carbocycles. The first kappa shape index (κ1) is 25.1. The second-order valence-corrected chi connectivity index (χ2v) is 10.3. The third kappa shape index (κ3) is 5.87. The zero-order valence-electron chi connectivity index (χ0n) is 19.0. The summed E-state index contributed by atoms with van der Waals surface area (Å²) in [5.74, 6) is -0.355. The lowest BCUT2D eigenvalue weighted by Gasteiger charge is -2.29. The van der Waals surface area contributed by atoms with E-state index in [2.05, 4.69) is 5.32 Å². The van der Waals surface area contributed by atoms with Gasteiger partial charge in [0.1, 0.15) is 12.3 Å². The van der Waals surface area contributed by atoms with Crippen LogP contribution < -0.4 is 15.0 Å². The average molecular weight is 492 g/mol. The molecule has 178 valence electrons. The van der Waals surface area contributed by atoms with E-state index in [9.17, 15) is 18.0 Å². The highest BCUT2D eigenvalue weighted by atomic mass is 32.2. The number of hydrogen-bond acceptors (Lipinski definition) is 6. The van der Waals surface area contributed by atoms with Crippen molar-refractivity contribution in [2.75, 3.05) is 43.9 Å². The van der Waals surface area contributed by atoms with Gasteiger partial charge in [0.25, 0.3) is 5.91 Å². The number of fused-ring (bicyclic) bond motifs is 1. The first-order valence-corrected chi connectivity index (χ1v) is 13.4. The Morgan fingerprint density at radius 2 is 1.85 bits per heavy atom. The van der Waals surface area contributed by atoms with Gasteiger partial charge in [-0.1, -0.05) is 26.0 Å². The molecule has 0 bridgehead atoms. The van der Waals surface area contributed by atoms with Crippen LogP contribution >= 0.6 is 11.8 Å². The molecule has 2 aromatic rings. The Labute approximate surface area is 199 Å². The largest absolute Gasteiger partial charge is 0.482 e. The number of nitrogens with one attached hydrogen (secondary N) is 1. The molecule has 0 unspecified atom stereocenters. The van der Waals surface area contributed by atoms with Crippen LogP contribution in [0.25, 0.3) is 0 Å². The Bertz CT molecular complexity index is 1100. The van der Waals surface area contributed by atoms with Crippen LogP contribution in [-0.2, 0) is 26.0 Å². The lowest BCUT2D eigenvalue weighted by molar-refractivity contribution is -0.125. The number of anilines is 1. The summed E-state index contributed by atoms with van der Waals surface area (Å²) >= 11 is 1.67. The molecule has 0 saturated heterocycles. The summed E-state index contributed by atoms with van der Waals surface area (Å²) in [5.41, 5.74) is 1.38. The van der Waals surface area contributed by atoms with Crippen molar-refractivity contribution in [3.05, 3.63) is 48.0 Å². The molecule has 3 rings (SSSR count). The molecule has 0 atom stereocenters. The number of nitrogens with zero attached hydrogens (tertiary/aromatic N) is 2. The van der Waals surface area contributed by atoms with E-state index in [0.717, 1.165) is 5.56 Å². The molecule has 0 aromatic heterocycles. The first-order valence-electron chi connectivity index (χ1n) is 10.8. The van der Waals surface area contributed by atoms with Crippen molar-refractivity contribution in [3.63, 3.8) is 0 Å². The molecular formula is C23H29N3O5S2. The van der Waals surface area contributed by atoms with Crippen molar-refractivity contribution in [3.8, 4) is 5.75 Å². The van der Waals surface area contributed by atoms with Crippen LogP contribution in [0.15, 0.2) is 52.3 Å². The number of thioether (sulfide) groups is 1. The van der Waals surface area contributed by atoms with E-state index in [1.807, 2.05) is 30.5 Å². The number of ether oxygens (including phenoxy) is 1. The van der Waals surface area contributed by atoms with E-state index in [4.69, 9.17) is 4.74 Å². The van der Waals surface area contributed by atoms with Gasteiger partial charge < -0.3 is 10.1 Å². The van der Waals surface area contributed by atoms with Gasteiger partial charge in [-0.3, -0.25) is 14.5 Å². The minimum absolute atomic E-state index is 0.0577. The fraction of sp³-hybridized carbons (Fsp3) is 0.391. The molecule has 1 heterocycles. The van der Waals surface area contributed by atoms with Gasteiger partial charge in [0.15, 0.2) is 6.61 Å². The molecule has 1 N–H and O–H groups in total. The summed E-state index contributed by atoms with van der Waals surface area (Å²) < 4.78 is 32.6. The van der Waals surface area contributed by atoms with Crippen LogP contribution in [0.1, 0.15) is 19.4 Å². The average Bonchev–Trinajstić information content (AvgIpc) is 2.81. The van der Waals surface area contributed by atoms with E-state index in [-0.39, 0.29) is 29.6 Å². The Balaban J connectivity index is 1.70. The quantitative estimate of drug-likeness (QED) is 0.513. The summed E-state index contributed by atoms with van der Waals surface area (Å²) in [7, 11) is -3.72. The van der Waals surface area contributed by atoms with E-state index < -0.39 is 15.9 Å². The van der Waals surface area contributed by atoms with Crippen molar-refractivity contribution in [1.82, 2.24) is 9.62 Å². The van der Waals surface area contributed by atoms with Crippen molar-refractivity contribution >= 4 is 39.3 Å². The molecule has 0 aliphatic carbocycles. The Hall–Kier alpha value is -2.56. The van der Waals surface area contributed by atoms with Crippen LogP contribution in [0.3, 0.4) is 0 Å². The topological polar surface area (TPSA) is 96.0 Å². The predicted molar refractivity (Wildman–Crippen MR) is 129 cm³/mol. The summed E-state index contributed by atoms with van der Waals surface area (Å²) in [6.45, 7) is 4.20. The molecular weight excluding hydrogens is 462 g/mol. The summed E-state index contributed by atoms with van der Waals surface area (Å²) in [4.78, 5) is 27.6. The lowest BCUT2D eigenvalue weighted by Crippen LogP contribution is -2.45. The van der Waals surface area contributed by atoms with E-state index in [1.165, 1.54) is 32.3 Å². The van der Waals surface area contributed by atoms with Gasteiger partial charge in [-0.05, 0) is 48.6 Å². The molecule has 0 fully saturated rings. The fourth-order valence-electron chi connectivity index (χ4n) is 3.57. The van der Waals surface area contributed by atoms with E-state index >= 15 is 0 Å². The number of benzene rings is 2. The summed E-state index contributed by atoms with van der Waals surface area (Å²) in [6, 6.07) is 12.5. The molecule has 2 aromatic carbocycles. The van der Waals surface area contributed by atoms with Gasteiger partial charge in [-0.25, -0.2) is 8.42 Å². The Morgan fingerprint density at radius 1 is 1.15 bits per heavy atom. The maximum absolute atomic E-state index is 12.9. The zero-order chi connectivity index (χ0) is 24.0. The highest BCUT2D eigenvalue weighted by Crippen LogP contribution is 2.34. The maximum atomic E-state index is 12.9. The third-order valence-electron chi connectivity index (χ3n) is 5.41. The van der Waals surface area contributed by atoms with Crippen molar-refractivity contribution in [2.45, 2.75) is 30.1 Å². The molecule has 0 radical (unpaired) electrons. The van der Waals surface area contributed by atoms with Gasteiger partial charge in [-0.15, -0.1) is 11.8 Å². The number of amides is 2. The highest BCUT2D eigenvalue weighted by Gasteiger charge is 2.30. The molecule has 2 amide bonds. The number of carbonyl (C=O) groups excluding carboxylic acids is 2. The van der Waals surface area contributed by atoms with Crippen LogP contribution in [-0.4, -0.2) is 63.6 Å². The summed E-state index contributed by atoms with van der Waals surface area (Å²) in [6.07, 6.45) is 2.68. The normalized spacial score (nSPS) is 13.6. The first-order chi connectivity index (χ1) is 15.8. The SMILES string of the molecule is CCN(CC)S(=O)(=O)c1ccc2c(c1)N(CC(=O)NCCc1ccc(SC)cc1)C(=O)CO2. The zero-order valence-corrected chi connectivity index (χ0v) is 20.7. The van der Waals surface area contributed by atoms with Crippen LogP contribution in [0.2, 0.25) is 0 Å².